The normalized spacial score (nSPS) is 19.5. The van der Waals surface area contributed by atoms with Crippen molar-refractivity contribution in [2.45, 2.75) is 24.7 Å². The highest BCUT2D eigenvalue weighted by molar-refractivity contribution is 6.03. The van der Waals surface area contributed by atoms with Crippen LogP contribution >= 0.6 is 0 Å². The Labute approximate surface area is 174 Å². The van der Waals surface area contributed by atoms with Gasteiger partial charge in [-0.3, -0.25) is 4.79 Å². The predicted molar refractivity (Wildman–Crippen MR) is 105 cm³/mol. The highest BCUT2D eigenvalue weighted by Gasteiger charge is 2.46. The number of ether oxygens (including phenoxy) is 2. The maximum atomic E-state index is 13.8. The van der Waals surface area contributed by atoms with Crippen LogP contribution in [0.25, 0.3) is 0 Å². The van der Waals surface area contributed by atoms with Gasteiger partial charge in [0.05, 0.1) is 6.04 Å². The lowest BCUT2D eigenvalue weighted by Gasteiger charge is -2.33. The van der Waals surface area contributed by atoms with Gasteiger partial charge in [0.15, 0.2) is 23.2 Å². The maximum Gasteiger partial charge on any atom is 0.410 e. The SMILES string of the molecule is O=C(Nc1ccc2c(c1)OCO2)c1cc2n(n1)C(C(F)(F)F)CC(c1ccccc1)N2. The second-order valence-corrected chi connectivity index (χ2v) is 7.28. The standard InChI is InChI=1S/C21H17F3N4O3/c22-21(23,24)18-9-14(12-4-2-1-3-5-12)26-19-10-15(27-28(18)19)20(29)25-13-6-7-16-17(8-13)31-11-30-16/h1-8,10,14,18,26H,9,11H2,(H,25,29). The zero-order valence-corrected chi connectivity index (χ0v) is 16.0. The van der Waals surface area contributed by atoms with Crippen LogP contribution in [0.3, 0.4) is 0 Å². The number of aromatic nitrogens is 2. The Hall–Kier alpha value is -3.69. The van der Waals surface area contributed by atoms with Crippen molar-refractivity contribution in [3.05, 3.63) is 65.9 Å². The third-order valence-corrected chi connectivity index (χ3v) is 5.25. The summed E-state index contributed by atoms with van der Waals surface area (Å²) in [6.45, 7) is 0.0909. The molecule has 0 aliphatic carbocycles. The topological polar surface area (TPSA) is 77.4 Å². The van der Waals surface area contributed by atoms with Crippen molar-refractivity contribution >= 4 is 17.4 Å². The van der Waals surface area contributed by atoms with E-state index in [0.29, 0.717) is 17.2 Å². The molecule has 0 saturated heterocycles. The van der Waals surface area contributed by atoms with Gasteiger partial charge in [-0.05, 0) is 17.7 Å². The molecule has 2 aliphatic heterocycles. The lowest BCUT2D eigenvalue weighted by atomic mass is 9.97. The fraction of sp³-hybridized carbons (Fsp3) is 0.238. The molecule has 31 heavy (non-hydrogen) atoms. The molecule has 5 rings (SSSR count). The van der Waals surface area contributed by atoms with Gasteiger partial charge < -0.3 is 20.1 Å². The highest BCUT2D eigenvalue weighted by atomic mass is 19.4. The molecule has 2 aliphatic rings. The molecule has 3 aromatic rings. The summed E-state index contributed by atoms with van der Waals surface area (Å²) < 4.78 is 52.7. The molecule has 0 bridgehead atoms. The predicted octanol–water partition coefficient (Wildman–Crippen LogP) is 4.52. The Morgan fingerprint density at radius 2 is 1.87 bits per heavy atom. The van der Waals surface area contributed by atoms with Crippen LogP contribution in [0.2, 0.25) is 0 Å². The molecule has 0 spiro atoms. The number of rotatable bonds is 3. The Bertz CT molecular complexity index is 1130. The summed E-state index contributed by atoms with van der Waals surface area (Å²) in [4.78, 5) is 12.7. The van der Waals surface area contributed by atoms with Crippen molar-refractivity contribution in [3.8, 4) is 11.5 Å². The molecule has 2 aromatic carbocycles. The van der Waals surface area contributed by atoms with Gasteiger partial charge in [0.25, 0.3) is 5.91 Å². The third kappa shape index (κ3) is 3.65. The average Bonchev–Trinajstić information content (AvgIpc) is 3.39. The molecular weight excluding hydrogens is 413 g/mol. The van der Waals surface area contributed by atoms with Crippen LogP contribution in [0.4, 0.5) is 24.7 Å². The van der Waals surface area contributed by atoms with E-state index in [1.165, 1.54) is 6.07 Å². The third-order valence-electron chi connectivity index (χ3n) is 5.25. The van der Waals surface area contributed by atoms with Crippen molar-refractivity contribution in [2.75, 3.05) is 17.4 Å². The second-order valence-electron chi connectivity index (χ2n) is 7.28. The highest BCUT2D eigenvalue weighted by Crippen LogP contribution is 2.43. The van der Waals surface area contributed by atoms with Crippen molar-refractivity contribution in [2.24, 2.45) is 0 Å². The van der Waals surface area contributed by atoms with E-state index in [0.717, 1.165) is 10.2 Å². The van der Waals surface area contributed by atoms with E-state index in [1.54, 1.807) is 48.5 Å². The molecule has 2 N–H and O–H groups in total. The molecule has 7 nitrogen and oxygen atoms in total. The van der Waals surface area contributed by atoms with Crippen molar-refractivity contribution in [3.63, 3.8) is 0 Å². The number of fused-ring (bicyclic) bond motifs is 2. The average molecular weight is 430 g/mol. The van der Waals surface area contributed by atoms with Crippen LogP contribution in [0, 0.1) is 0 Å². The first-order valence-corrected chi connectivity index (χ1v) is 9.57. The number of benzene rings is 2. The Morgan fingerprint density at radius 3 is 2.65 bits per heavy atom. The monoisotopic (exact) mass is 430 g/mol. The number of anilines is 2. The van der Waals surface area contributed by atoms with E-state index in [-0.39, 0.29) is 24.7 Å². The first-order chi connectivity index (χ1) is 14.9. The van der Waals surface area contributed by atoms with E-state index >= 15 is 0 Å². The number of nitrogens with zero attached hydrogens (tertiary/aromatic N) is 2. The maximum absolute atomic E-state index is 13.8. The van der Waals surface area contributed by atoms with Gasteiger partial charge >= 0.3 is 6.18 Å². The minimum atomic E-state index is -4.51. The zero-order valence-electron chi connectivity index (χ0n) is 16.0. The van der Waals surface area contributed by atoms with Gasteiger partial charge in [-0.2, -0.15) is 18.3 Å². The number of halogens is 3. The summed E-state index contributed by atoms with van der Waals surface area (Å²) >= 11 is 0. The van der Waals surface area contributed by atoms with Gasteiger partial charge in [0, 0.05) is 24.2 Å². The zero-order chi connectivity index (χ0) is 21.6. The fourth-order valence-corrected chi connectivity index (χ4v) is 3.76. The Balaban J connectivity index is 1.42. The lowest BCUT2D eigenvalue weighted by molar-refractivity contribution is -0.173. The van der Waals surface area contributed by atoms with Crippen LogP contribution in [0.1, 0.15) is 34.6 Å². The van der Waals surface area contributed by atoms with E-state index in [1.807, 2.05) is 0 Å². The van der Waals surface area contributed by atoms with Crippen LogP contribution in [0.15, 0.2) is 54.6 Å². The van der Waals surface area contributed by atoms with Crippen molar-refractivity contribution in [1.82, 2.24) is 9.78 Å². The number of alkyl halides is 3. The van der Waals surface area contributed by atoms with Crippen molar-refractivity contribution in [1.29, 1.82) is 0 Å². The van der Waals surface area contributed by atoms with E-state index in [2.05, 4.69) is 15.7 Å². The number of hydrogen-bond donors (Lipinski definition) is 2. The molecule has 0 radical (unpaired) electrons. The summed E-state index contributed by atoms with van der Waals surface area (Å²) in [5.74, 6) is 0.545. The fourth-order valence-electron chi connectivity index (χ4n) is 3.76. The van der Waals surface area contributed by atoms with Crippen LogP contribution in [-0.4, -0.2) is 28.7 Å². The van der Waals surface area contributed by atoms with E-state index in [4.69, 9.17) is 9.47 Å². The number of carbonyl (C=O) groups excluding carboxylic acids is 1. The number of amides is 1. The summed E-state index contributed by atoms with van der Waals surface area (Å²) in [5, 5.41) is 9.67. The molecule has 0 saturated carbocycles. The van der Waals surface area contributed by atoms with E-state index < -0.39 is 24.2 Å². The van der Waals surface area contributed by atoms with Gasteiger partial charge in [-0.15, -0.1) is 0 Å². The summed E-state index contributed by atoms with van der Waals surface area (Å²) in [6, 6.07) is 12.7. The smallest absolute Gasteiger partial charge is 0.410 e. The van der Waals surface area contributed by atoms with Crippen molar-refractivity contribution < 1.29 is 27.4 Å². The molecular formula is C21H17F3N4O3. The van der Waals surface area contributed by atoms with Crippen LogP contribution in [0.5, 0.6) is 11.5 Å². The summed E-state index contributed by atoms with van der Waals surface area (Å²) in [7, 11) is 0. The summed E-state index contributed by atoms with van der Waals surface area (Å²) in [6.07, 6.45) is -4.74. The molecule has 1 aromatic heterocycles. The van der Waals surface area contributed by atoms with Crippen LogP contribution < -0.4 is 20.1 Å². The Morgan fingerprint density at radius 1 is 1.10 bits per heavy atom. The lowest BCUT2D eigenvalue weighted by Crippen LogP contribution is -2.35. The molecule has 2 atom stereocenters. The number of hydrogen-bond acceptors (Lipinski definition) is 5. The van der Waals surface area contributed by atoms with E-state index in [9.17, 15) is 18.0 Å². The molecule has 3 heterocycles. The number of nitrogens with one attached hydrogen (secondary N) is 2. The first kappa shape index (κ1) is 19.3. The van der Waals surface area contributed by atoms with Gasteiger partial charge in [-0.1, -0.05) is 30.3 Å². The first-order valence-electron chi connectivity index (χ1n) is 9.57. The minimum Gasteiger partial charge on any atom is -0.454 e. The largest absolute Gasteiger partial charge is 0.454 e. The molecule has 160 valence electrons. The Kier molecular flexibility index (Phi) is 4.49. The molecule has 2 unspecified atom stereocenters. The van der Waals surface area contributed by atoms with Gasteiger partial charge in [0.2, 0.25) is 6.79 Å². The number of carbonyl (C=O) groups is 1. The van der Waals surface area contributed by atoms with Gasteiger partial charge in [0.1, 0.15) is 5.82 Å². The molecule has 10 heteroatoms. The molecule has 1 amide bonds. The quantitative estimate of drug-likeness (QED) is 0.639. The second kappa shape index (κ2) is 7.22. The van der Waals surface area contributed by atoms with Gasteiger partial charge in [-0.25, -0.2) is 4.68 Å². The van der Waals surface area contributed by atoms with Crippen LogP contribution in [-0.2, 0) is 0 Å². The summed E-state index contributed by atoms with van der Waals surface area (Å²) in [5.41, 5.74) is 1.03. The molecule has 0 fully saturated rings. The minimum absolute atomic E-state index is 0.0909.